The Balaban J connectivity index is 1.02. The van der Waals surface area contributed by atoms with E-state index in [9.17, 15) is 19.2 Å². The van der Waals surface area contributed by atoms with Crippen molar-refractivity contribution < 1.29 is 28.3 Å². The Morgan fingerprint density at radius 2 is 1.58 bits per heavy atom. The van der Waals surface area contributed by atoms with Gasteiger partial charge in [-0.05, 0) is 104 Å². The van der Waals surface area contributed by atoms with Crippen molar-refractivity contribution in [2.24, 2.45) is 0 Å². The number of carbonyl (C=O) groups is 4. The Morgan fingerprint density at radius 3 is 2.28 bits per heavy atom. The lowest BCUT2D eigenvalue weighted by atomic mass is 9.83. The van der Waals surface area contributed by atoms with Crippen LogP contribution in [0.2, 0.25) is 0 Å². The van der Waals surface area contributed by atoms with Gasteiger partial charge in [0.25, 0.3) is 11.8 Å². The lowest BCUT2D eigenvalue weighted by Gasteiger charge is -2.22. The Hall–Kier alpha value is -5.69. The van der Waals surface area contributed by atoms with Gasteiger partial charge < -0.3 is 25.1 Å². The second kappa shape index (κ2) is 18.1. The van der Waals surface area contributed by atoms with Crippen LogP contribution in [0.25, 0.3) is 17.4 Å². The summed E-state index contributed by atoms with van der Waals surface area (Å²) < 4.78 is 12.1. The van der Waals surface area contributed by atoms with Gasteiger partial charge in [0.15, 0.2) is 0 Å². The highest BCUT2D eigenvalue weighted by Crippen LogP contribution is 2.43. The average Bonchev–Trinajstić information content (AvgIpc) is 3.85. The lowest BCUT2D eigenvalue weighted by Crippen LogP contribution is -2.30. The Bertz CT molecular complexity index is 2430. The Labute approximate surface area is 347 Å². The summed E-state index contributed by atoms with van der Waals surface area (Å²) in [4.78, 5) is 55.2. The van der Waals surface area contributed by atoms with Gasteiger partial charge in [0.2, 0.25) is 5.91 Å². The van der Waals surface area contributed by atoms with Gasteiger partial charge in [-0.2, -0.15) is 0 Å². The number of benzene rings is 4. The number of fused-ring (bicyclic) bond motifs is 1. The zero-order chi connectivity index (χ0) is 39.9. The van der Waals surface area contributed by atoms with Crippen LogP contribution >= 0.6 is 39.0 Å². The smallest absolute Gasteiger partial charge is 0.341 e. The molecule has 0 aliphatic heterocycles. The van der Waals surface area contributed by atoms with E-state index in [4.69, 9.17) is 9.15 Å². The van der Waals surface area contributed by atoms with Crippen molar-refractivity contribution in [3.8, 4) is 11.3 Å². The summed E-state index contributed by atoms with van der Waals surface area (Å²) in [5, 5.41) is 8.62. The zero-order valence-corrected chi connectivity index (χ0v) is 34.3. The van der Waals surface area contributed by atoms with E-state index < -0.39 is 23.0 Å². The van der Waals surface area contributed by atoms with Crippen LogP contribution in [0.4, 0.5) is 10.7 Å². The van der Waals surface area contributed by atoms with Crippen LogP contribution in [0.3, 0.4) is 0 Å². The molecule has 0 radical (unpaired) electrons. The molecule has 0 spiro atoms. The molecule has 3 N–H and O–H groups in total. The predicted molar refractivity (Wildman–Crippen MR) is 230 cm³/mol. The maximum atomic E-state index is 13.7. The van der Waals surface area contributed by atoms with Crippen LogP contribution in [-0.4, -0.2) is 36.1 Å². The number of furan rings is 1. The molecule has 0 fully saturated rings. The molecule has 4 aromatic carbocycles. The number of thiophene rings is 1. The zero-order valence-electron chi connectivity index (χ0n) is 31.0. The SMILES string of the molecule is COC(=O)c1c(NC(=O)[C@@H](C)Sc2ccc(NC(=O)/C(=C/c3ccc(-c4ccc(Br)cc4)o3)NC(=O)c3ccccc3)cc2)sc2c1CC[C@H](c1ccccc1)C2. The van der Waals surface area contributed by atoms with Crippen LogP contribution in [0, 0.1) is 0 Å². The second-order valence-electron chi connectivity index (χ2n) is 13.4. The molecule has 288 valence electrons. The van der Waals surface area contributed by atoms with Crippen molar-refractivity contribution in [3.63, 3.8) is 0 Å². The van der Waals surface area contributed by atoms with E-state index in [0.29, 0.717) is 39.3 Å². The highest BCUT2D eigenvalue weighted by molar-refractivity contribution is 9.10. The summed E-state index contributed by atoms with van der Waals surface area (Å²) in [6.07, 6.45) is 3.92. The minimum absolute atomic E-state index is 0.0125. The molecular weight excluding hydrogens is 823 g/mol. The van der Waals surface area contributed by atoms with E-state index in [-0.39, 0.29) is 11.6 Å². The molecule has 2 heterocycles. The monoisotopic (exact) mass is 859 g/mol. The normalized spacial score (nSPS) is 14.2. The molecule has 1 aliphatic carbocycles. The number of hydrogen-bond acceptors (Lipinski definition) is 8. The van der Waals surface area contributed by atoms with Gasteiger partial charge in [-0.3, -0.25) is 14.4 Å². The number of thioether (sulfide) groups is 1. The molecule has 0 saturated carbocycles. The first-order chi connectivity index (χ1) is 27.6. The van der Waals surface area contributed by atoms with Gasteiger partial charge in [-0.1, -0.05) is 76.6 Å². The second-order valence-corrected chi connectivity index (χ2v) is 16.8. The van der Waals surface area contributed by atoms with Crippen molar-refractivity contribution in [2.45, 2.75) is 42.2 Å². The molecule has 1 aliphatic rings. The molecule has 3 amide bonds. The number of rotatable bonds is 12. The van der Waals surface area contributed by atoms with Gasteiger partial charge in [0, 0.05) is 37.1 Å². The first kappa shape index (κ1) is 39.5. The summed E-state index contributed by atoms with van der Waals surface area (Å²) in [7, 11) is 1.36. The molecule has 0 saturated heterocycles. The molecular formula is C45H38BrN3O6S2. The van der Waals surface area contributed by atoms with Gasteiger partial charge in [-0.25, -0.2) is 4.79 Å². The number of ether oxygens (including phenoxy) is 1. The molecule has 0 unspecified atom stereocenters. The highest BCUT2D eigenvalue weighted by Gasteiger charge is 2.31. The fraction of sp³-hybridized carbons (Fsp3) is 0.156. The third-order valence-electron chi connectivity index (χ3n) is 9.53. The van der Waals surface area contributed by atoms with Crippen LogP contribution in [0.1, 0.15) is 61.7 Å². The van der Waals surface area contributed by atoms with Gasteiger partial charge in [-0.15, -0.1) is 23.1 Å². The molecule has 57 heavy (non-hydrogen) atoms. The number of esters is 1. The standard InChI is InChI=1S/C45H38BrN3O6S2/c1-27(41(50)49-44-40(45(53)54-2)36-23-15-31(25-39(36)57-44)28-9-5-3-6-10-28)56-35-21-18-33(19-22-35)47-43(52)37(48-42(51)30-11-7-4-8-12-30)26-34-20-24-38(55-34)29-13-16-32(46)17-14-29/h3-14,16-22,24,26-27,31H,15,23,25H2,1-2H3,(H,47,52)(H,48,51)(H,49,50)/b37-26-/t27-,31+/m1/s1. The van der Waals surface area contributed by atoms with Crippen molar-refractivity contribution >= 4 is 79.5 Å². The number of hydrogen-bond donors (Lipinski definition) is 3. The fourth-order valence-corrected chi connectivity index (χ4v) is 9.02. The third-order valence-corrected chi connectivity index (χ3v) is 12.3. The summed E-state index contributed by atoms with van der Waals surface area (Å²) >= 11 is 6.24. The van der Waals surface area contributed by atoms with Crippen LogP contribution in [-0.2, 0) is 27.2 Å². The molecule has 2 atom stereocenters. The van der Waals surface area contributed by atoms with Crippen molar-refractivity contribution in [2.75, 3.05) is 17.7 Å². The first-order valence-corrected chi connectivity index (χ1v) is 20.7. The summed E-state index contributed by atoms with van der Waals surface area (Å²) in [6, 6.07) is 37.2. The van der Waals surface area contributed by atoms with E-state index >= 15 is 0 Å². The molecule has 7 rings (SSSR count). The number of nitrogens with one attached hydrogen (secondary N) is 3. The van der Waals surface area contributed by atoms with E-state index in [0.717, 1.165) is 44.6 Å². The van der Waals surface area contributed by atoms with Crippen molar-refractivity contribution in [1.29, 1.82) is 0 Å². The average molecular weight is 861 g/mol. The number of methoxy groups -OCH3 is 1. The first-order valence-electron chi connectivity index (χ1n) is 18.3. The maximum absolute atomic E-state index is 13.7. The van der Waals surface area contributed by atoms with Crippen molar-refractivity contribution in [1.82, 2.24) is 5.32 Å². The largest absolute Gasteiger partial charge is 0.465 e. The van der Waals surface area contributed by atoms with E-state index in [1.807, 2.05) is 42.5 Å². The third kappa shape index (κ3) is 9.65. The predicted octanol–water partition coefficient (Wildman–Crippen LogP) is 10.4. The quantitative estimate of drug-likeness (QED) is 0.0635. The number of amides is 3. The molecule has 6 aromatic rings. The summed E-state index contributed by atoms with van der Waals surface area (Å²) in [5.74, 6) is -0.371. The van der Waals surface area contributed by atoms with Gasteiger partial charge >= 0.3 is 5.97 Å². The van der Waals surface area contributed by atoms with Crippen LogP contribution in [0.15, 0.2) is 141 Å². The summed E-state index contributed by atoms with van der Waals surface area (Å²) in [5.41, 5.74) is 4.39. The minimum atomic E-state index is -0.552. The Kier molecular flexibility index (Phi) is 12.5. The molecule has 9 nitrogen and oxygen atoms in total. The number of anilines is 2. The van der Waals surface area contributed by atoms with Gasteiger partial charge in [0.1, 0.15) is 22.2 Å². The highest BCUT2D eigenvalue weighted by atomic mass is 79.9. The number of halogens is 1. The number of carbonyl (C=O) groups excluding carboxylic acids is 4. The fourth-order valence-electron chi connectivity index (χ4n) is 6.57. The molecule has 12 heteroatoms. The van der Waals surface area contributed by atoms with E-state index in [1.54, 1.807) is 73.7 Å². The van der Waals surface area contributed by atoms with Gasteiger partial charge in [0.05, 0.1) is 17.9 Å². The van der Waals surface area contributed by atoms with E-state index in [1.165, 1.54) is 41.8 Å². The van der Waals surface area contributed by atoms with Crippen LogP contribution in [0.5, 0.6) is 0 Å². The minimum Gasteiger partial charge on any atom is -0.465 e. The van der Waals surface area contributed by atoms with Crippen molar-refractivity contribution in [3.05, 3.63) is 164 Å². The summed E-state index contributed by atoms with van der Waals surface area (Å²) in [6.45, 7) is 1.80. The van der Waals surface area contributed by atoms with E-state index in [2.05, 4.69) is 44.0 Å². The topological polar surface area (TPSA) is 127 Å². The van der Waals surface area contributed by atoms with Crippen LogP contribution < -0.4 is 16.0 Å². The maximum Gasteiger partial charge on any atom is 0.341 e. The molecule has 0 bridgehead atoms. The Morgan fingerprint density at radius 1 is 0.877 bits per heavy atom. The molecule has 2 aromatic heterocycles. The lowest BCUT2D eigenvalue weighted by molar-refractivity contribution is -0.115.